The lowest BCUT2D eigenvalue weighted by Gasteiger charge is -2.00. The lowest BCUT2D eigenvalue weighted by molar-refractivity contribution is -0.268. The van der Waals surface area contributed by atoms with Gasteiger partial charge < -0.3 is 5.11 Å². The topological polar surface area (TPSA) is 23.1 Å². The van der Waals surface area contributed by atoms with Crippen LogP contribution in [0.5, 0.6) is 5.75 Å². The number of rotatable bonds is 0. The molecule has 1 nitrogen and oxygen atoms in total. The number of benzene rings is 1. The van der Waals surface area contributed by atoms with E-state index in [-0.39, 0.29) is 5.75 Å². The first kappa shape index (κ1) is 5.45. The zero-order valence-corrected chi connectivity index (χ0v) is 4.85. The number of hydrogen-bond donors (Lipinski definition) is 0. The zero-order chi connectivity index (χ0) is 5.98. The highest BCUT2D eigenvalue weighted by atomic mass is 35.5. The molecule has 0 N–H and O–H groups in total. The molecular formula is C6H4ClO-. The van der Waals surface area contributed by atoms with Crippen molar-refractivity contribution >= 4 is 11.6 Å². The SMILES string of the molecule is [O-]c1ccc(Cl)cc1. The van der Waals surface area contributed by atoms with Gasteiger partial charge in [0.1, 0.15) is 0 Å². The molecule has 0 atom stereocenters. The minimum Gasteiger partial charge on any atom is -0.872 e. The van der Waals surface area contributed by atoms with E-state index >= 15 is 0 Å². The third-order valence-electron chi connectivity index (χ3n) is 0.814. The average molecular weight is 128 g/mol. The summed E-state index contributed by atoms with van der Waals surface area (Å²) in [6.45, 7) is 0. The minimum atomic E-state index is -0.00519. The summed E-state index contributed by atoms with van der Waals surface area (Å²) in [5, 5.41) is 11.0. The van der Waals surface area contributed by atoms with Gasteiger partial charge in [-0.1, -0.05) is 23.7 Å². The lowest BCUT2D eigenvalue weighted by Crippen LogP contribution is -1.86. The van der Waals surface area contributed by atoms with Crippen LogP contribution in [0.3, 0.4) is 0 Å². The van der Waals surface area contributed by atoms with Gasteiger partial charge in [-0.25, -0.2) is 0 Å². The van der Waals surface area contributed by atoms with Crippen LogP contribution in [0.25, 0.3) is 0 Å². The van der Waals surface area contributed by atoms with Crippen LogP contribution < -0.4 is 5.11 Å². The number of hydrogen-bond acceptors (Lipinski definition) is 1. The highest BCUT2D eigenvalue weighted by Crippen LogP contribution is 2.10. The second-order valence-electron chi connectivity index (χ2n) is 1.45. The van der Waals surface area contributed by atoms with E-state index < -0.39 is 0 Å². The van der Waals surface area contributed by atoms with Gasteiger partial charge in [0, 0.05) is 5.02 Å². The van der Waals surface area contributed by atoms with Crippen molar-refractivity contribution in [3.8, 4) is 5.75 Å². The fraction of sp³-hybridized carbons (Fsp3) is 0. The van der Waals surface area contributed by atoms with Gasteiger partial charge in [-0.2, -0.15) is 0 Å². The fourth-order valence-corrected chi connectivity index (χ4v) is 0.561. The Kier molecular flexibility index (Phi) is 1.40. The van der Waals surface area contributed by atoms with E-state index in [4.69, 9.17) is 11.6 Å². The van der Waals surface area contributed by atoms with Crippen molar-refractivity contribution in [1.29, 1.82) is 0 Å². The minimum absolute atomic E-state index is 0.00519. The van der Waals surface area contributed by atoms with Crippen molar-refractivity contribution in [1.82, 2.24) is 0 Å². The highest BCUT2D eigenvalue weighted by molar-refractivity contribution is 6.30. The molecular weight excluding hydrogens is 124 g/mol. The quantitative estimate of drug-likeness (QED) is 0.517. The second-order valence-corrected chi connectivity index (χ2v) is 1.89. The standard InChI is InChI=1S/C6H5ClO/c7-5-1-3-6(8)4-2-5/h1-4,8H/p-1. The van der Waals surface area contributed by atoms with E-state index in [1.165, 1.54) is 12.1 Å². The summed E-state index contributed by atoms with van der Waals surface area (Å²) in [5.74, 6) is -0.00519. The van der Waals surface area contributed by atoms with Gasteiger partial charge in [-0.05, 0) is 12.1 Å². The summed E-state index contributed by atoms with van der Waals surface area (Å²) < 4.78 is 0. The van der Waals surface area contributed by atoms with E-state index in [0.717, 1.165) is 0 Å². The Morgan fingerprint density at radius 3 is 2.00 bits per heavy atom. The summed E-state index contributed by atoms with van der Waals surface area (Å²) in [6.07, 6.45) is 0. The molecule has 42 valence electrons. The molecule has 0 aliphatic rings. The summed E-state index contributed by atoms with van der Waals surface area (Å²) >= 11 is 5.47. The van der Waals surface area contributed by atoms with Crippen molar-refractivity contribution in [2.45, 2.75) is 0 Å². The average Bonchev–Trinajstić information content (AvgIpc) is 1.77. The van der Waals surface area contributed by atoms with E-state index in [1.54, 1.807) is 12.1 Å². The first-order chi connectivity index (χ1) is 3.79. The molecule has 0 aliphatic heterocycles. The van der Waals surface area contributed by atoms with Gasteiger partial charge in [-0.3, -0.25) is 0 Å². The lowest BCUT2D eigenvalue weighted by atomic mass is 10.3. The van der Waals surface area contributed by atoms with Gasteiger partial charge >= 0.3 is 0 Å². The molecule has 0 amide bonds. The molecule has 0 aromatic heterocycles. The number of halogens is 1. The first-order valence-electron chi connectivity index (χ1n) is 2.21. The van der Waals surface area contributed by atoms with Crippen molar-refractivity contribution < 1.29 is 5.11 Å². The Hall–Kier alpha value is -0.690. The summed E-state index contributed by atoms with van der Waals surface area (Å²) in [5.41, 5.74) is 0. The molecule has 1 aromatic rings. The van der Waals surface area contributed by atoms with Crippen LogP contribution in [-0.4, -0.2) is 0 Å². The third-order valence-corrected chi connectivity index (χ3v) is 1.07. The first-order valence-corrected chi connectivity index (χ1v) is 2.59. The summed E-state index contributed by atoms with van der Waals surface area (Å²) in [4.78, 5) is 0. The summed E-state index contributed by atoms with van der Waals surface area (Å²) in [7, 11) is 0. The van der Waals surface area contributed by atoms with Crippen LogP contribution in [-0.2, 0) is 0 Å². The van der Waals surface area contributed by atoms with E-state index in [0.29, 0.717) is 5.02 Å². The molecule has 0 aliphatic carbocycles. The van der Waals surface area contributed by atoms with E-state index in [1.807, 2.05) is 0 Å². The largest absolute Gasteiger partial charge is 0.872 e. The van der Waals surface area contributed by atoms with Gasteiger partial charge in [0.2, 0.25) is 0 Å². The van der Waals surface area contributed by atoms with Gasteiger partial charge in [-0.15, -0.1) is 5.75 Å². The maximum atomic E-state index is 10.4. The molecule has 1 aromatic carbocycles. The fourth-order valence-electron chi connectivity index (χ4n) is 0.435. The van der Waals surface area contributed by atoms with Crippen molar-refractivity contribution in [2.24, 2.45) is 0 Å². The van der Waals surface area contributed by atoms with Crippen molar-refractivity contribution in [3.05, 3.63) is 29.3 Å². The Balaban J connectivity index is 3.03. The van der Waals surface area contributed by atoms with Gasteiger partial charge in [0.25, 0.3) is 0 Å². The van der Waals surface area contributed by atoms with Crippen LogP contribution in [0, 0.1) is 0 Å². The predicted molar refractivity (Wildman–Crippen MR) is 30.9 cm³/mol. The van der Waals surface area contributed by atoms with Gasteiger partial charge in [0.15, 0.2) is 0 Å². The van der Waals surface area contributed by atoms with Crippen molar-refractivity contribution in [2.75, 3.05) is 0 Å². The van der Waals surface area contributed by atoms with Crippen LogP contribution in [0.2, 0.25) is 5.02 Å². The molecule has 8 heavy (non-hydrogen) atoms. The van der Waals surface area contributed by atoms with E-state index in [2.05, 4.69) is 0 Å². The van der Waals surface area contributed by atoms with Crippen LogP contribution in [0.4, 0.5) is 0 Å². The van der Waals surface area contributed by atoms with Crippen LogP contribution in [0.1, 0.15) is 0 Å². The zero-order valence-electron chi connectivity index (χ0n) is 4.10. The molecule has 0 saturated carbocycles. The van der Waals surface area contributed by atoms with E-state index in [9.17, 15) is 5.11 Å². The Labute approximate surface area is 52.5 Å². The Morgan fingerprint density at radius 1 is 1.12 bits per heavy atom. The monoisotopic (exact) mass is 127 g/mol. The molecule has 1 rings (SSSR count). The van der Waals surface area contributed by atoms with Crippen LogP contribution in [0.15, 0.2) is 24.3 Å². The predicted octanol–water partition coefficient (Wildman–Crippen LogP) is 1.41. The molecule has 0 saturated heterocycles. The summed E-state index contributed by atoms with van der Waals surface area (Å²) in [6, 6.07) is 6.01. The maximum Gasteiger partial charge on any atom is 0.0405 e. The van der Waals surface area contributed by atoms with Crippen LogP contribution >= 0.6 is 11.6 Å². The molecule has 2 heteroatoms. The Morgan fingerprint density at radius 2 is 1.62 bits per heavy atom. The highest BCUT2D eigenvalue weighted by Gasteiger charge is 1.78. The smallest absolute Gasteiger partial charge is 0.0405 e. The molecule has 0 bridgehead atoms. The maximum absolute atomic E-state index is 10.4. The molecule has 0 unspecified atom stereocenters. The normalized spacial score (nSPS) is 9.12. The Bertz CT molecular complexity index is 147. The molecule has 0 heterocycles. The third kappa shape index (κ3) is 1.14. The molecule has 0 fully saturated rings. The molecule has 0 spiro atoms. The van der Waals surface area contributed by atoms with Gasteiger partial charge in [0.05, 0.1) is 0 Å². The van der Waals surface area contributed by atoms with Crippen molar-refractivity contribution in [3.63, 3.8) is 0 Å². The molecule has 0 radical (unpaired) electrons. The second kappa shape index (κ2) is 2.05.